The SMILES string of the molecule is CON(C)C(=O)Cc1ncccn1. The molecule has 0 bridgehead atoms. The number of aromatic nitrogens is 2. The molecule has 0 aliphatic heterocycles. The Kier molecular flexibility index (Phi) is 3.33. The first-order chi connectivity index (χ1) is 6.24. The van der Waals surface area contributed by atoms with E-state index in [1.54, 1.807) is 25.5 Å². The lowest BCUT2D eigenvalue weighted by Crippen LogP contribution is -2.27. The Bertz CT molecular complexity index is 276. The Morgan fingerprint density at radius 2 is 2.15 bits per heavy atom. The van der Waals surface area contributed by atoms with Crippen LogP contribution in [0.25, 0.3) is 0 Å². The predicted molar refractivity (Wildman–Crippen MR) is 45.5 cm³/mol. The van der Waals surface area contributed by atoms with Crippen molar-refractivity contribution in [2.75, 3.05) is 14.2 Å². The van der Waals surface area contributed by atoms with Gasteiger partial charge >= 0.3 is 0 Å². The molecule has 0 saturated carbocycles. The summed E-state index contributed by atoms with van der Waals surface area (Å²) in [6.07, 6.45) is 3.36. The van der Waals surface area contributed by atoms with Gasteiger partial charge in [0.05, 0.1) is 13.5 Å². The highest BCUT2D eigenvalue weighted by Gasteiger charge is 2.09. The van der Waals surface area contributed by atoms with E-state index in [4.69, 9.17) is 4.84 Å². The lowest BCUT2D eigenvalue weighted by Gasteiger charge is -2.12. The quantitative estimate of drug-likeness (QED) is 0.618. The fraction of sp³-hybridized carbons (Fsp3) is 0.375. The molecule has 0 atom stereocenters. The average molecular weight is 181 g/mol. The molecule has 13 heavy (non-hydrogen) atoms. The first-order valence-electron chi connectivity index (χ1n) is 3.80. The van der Waals surface area contributed by atoms with Crippen molar-refractivity contribution in [2.24, 2.45) is 0 Å². The monoisotopic (exact) mass is 181 g/mol. The van der Waals surface area contributed by atoms with Crippen LogP contribution in [-0.2, 0) is 16.1 Å². The standard InChI is InChI=1S/C8H11N3O2/c1-11(13-2)8(12)6-7-9-4-3-5-10-7/h3-5H,6H2,1-2H3. The number of hydroxylamine groups is 2. The Morgan fingerprint density at radius 1 is 1.54 bits per heavy atom. The Hall–Kier alpha value is -1.49. The van der Waals surface area contributed by atoms with Crippen molar-refractivity contribution in [2.45, 2.75) is 6.42 Å². The van der Waals surface area contributed by atoms with Crippen molar-refractivity contribution >= 4 is 5.91 Å². The highest BCUT2D eigenvalue weighted by atomic mass is 16.7. The van der Waals surface area contributed by atoms with E-state index in [0.29, 0.717) is 5.82 Å². The van der Waals surface area contributed by atoms with Crippen LogP contribution in [0.2, 0.25) is 0 Å². The minimum Gasteiger partial charge on any atom is -0.275 e. The van der Waals surface area contributed by atoms with Gasteiger partial charge < -0.3 is 0 Å². The lowest BCUT2D eigenvalue weighted by atomic mass is 10.4. The normalized spacial score (nSPS) is 9.69. The van der Waals surface area contributed by atoms with Gasteiger partial charge in [0.2, 0.25) is 0 Å². The van der Waals surface area contributed by atoms with Crippen LogP contribution in [-0.4, -0.2) is 35.1 Å². The molecule has 0 aromatic carbocycles. The Balaban J connectivity index is 2.55. The largest absolute Gasteiger partial charge is 0.275 e. The van der Waals surface area contributed by atoms with Crippen LogP contribution in [0.5, 0.6) is 0 Å². The van der Waals surface area contributed by atoms with E-state index in [-0.39, 0.29) is 12.3 Å². The predicted octanol–water partition coefficient (Wildman–Crippen LogP) is 0.0389. The van der Waals surface area contributed by atoms with Crippen molar-refractivity contribution in [1.82, 2.24) is 15.0 Å². The van der Waals surface area contributed by atoms with Crippen molar-refractivity contribution in [3.63, 3.8) is 0 Å². The summed E-state index contributed by atoms with van der Waals surface area (Å²) in [4.78, 5) is 23.8. The van der Waals surface area contributed by atoms with Gasteiger partial charge in [-0.2, -0.15) is 0 Å². The lowest BCUT2D eigenvalue weighted by molar-refractivity contribution is -0.167. The molecular weight excluding hydrogens is 170 g/mol. The van der Waals surface area contributed by atoms with E-state index in [1.165, 1.54) is 7.11 Å². The van der Waals surface area contributed by atoms with Crippen LogP contribution >= 0.6 is 0 Å². The number of likely N-dealkylation sites (N-methyl/N-ethyl adjacent to an activating group) is 1. The van der Waals surface area contributed by atoms with E-state index in [2.05, 4.69) is 9.97 Å². The Labute approximate surface area is 76.3 Å². The van der Waals surface area contributed by atoms with Gasteiger partial charge in [-0.15, -0.1) is 0 Å². The number of amides is 1. The third-order valence-electron chi connectivity index (χ3n) is 1.55. The fourth-order valence-electron chi connectivity index (χ4n) is 0.770. The number of hydrogen-bond acceptors (Lipinski definition) is 4. The molecule has 1 aromatic heterocycles. The summed E-state index contributed by atoms with van der Waals surface area (Å²) in [6, 6.07) is 1.70. The maximum absolute atomic E-state index is 11.3. The molecule has 0 unspecified atom stereocenters. The van der Waals surface area contributed by atoms with Crippen molar-refractivity contribution in [3.8, 4) is 0 Å². The summed E-state index contributed by atoms with van der Waals surface area (Å²) < 4.78 is 0. The van der Waals surface area contributed by atoms with Gasteiger partial charge in [0.25, 0.3) is 5.91 Å². The summed E-state index contributed by atoms with van der Waals surface area (Å²) in [5.74, 6) is 0.324. The van der Waals surface area contributed by atoms with E-state index in [0.717, 1.165) is 5.06 Å². The first kappa shape index (κ1) is 9.60. The summed E-state index contributed by atoms with van der Waals surface area (Å²) in [5.41, 5.74) is 0. The van der Waals surface area contributed by atoms with E-state index >= 15 is 0 Å². The van der Waals surface area contributed by atoms with E-state index in [1.807, 2.05) is 0 Å². The molecule has 5 nitrogen and oxygen atoms in total. The van der Waals surface area contributed by atoms with Crippen LogP contribution in [0.4, 0.5) is 0 Å². The maximum atomic E-state index is 11.3. The first-order valence-corrected chi connectivity index (χ1v) is 3.80. The minimum absolute atomic E-state index is 0.158. The topological polar surface area (TPSA) is 55.3 Å². The highest BCUT2D eigenvalue weighted by molar-refractivity contribution is 5.76. The van der Waals surface area contributed by atoms with E-state index in [9.17, 15) is 4.79 Å². The summed E-state index contributed by atoms with van der Waals surface area (Å²) in [6.45, 7) is 0. The van der Waals surface area contributed by atoms with Crippen molar-refractivity contribution in [1.29, 1.82) is 0 Å². The zero-order valence-electron chi connectivity index (χ0n) is 7.60. The summed E-state index contributed by atoms with van der Waals surface area (Å²) >= 11 is 0. The second-order valence-electron chi connectivity index (χ2n) is 2.42. The number of hydrogen-bond donors (Lipinski definition) is 0. The van der Waals surface area contributed by atoms with Gasteiger partial charge in [-0.3, -0.25) is 9.63 Å². The molecule has 70 valence electrons. The molecule has 0 saturated heterocycles. The summed E-state index contributed by atoms with van der Waals surface area (Å²) in [7, 11) is 2.98. The Morgan fingerprint density at radius 3 is 2.69 bits per heavy atom. The maximum Gasteiger partial charge on any atom is 0.253 e. The number of rotatable bonds is 3. The molecule has 5 heteroatoms. The van der Waals surface area contributed by atoms with Gasteiger partial charge in [0.15, 0.2) is 0 Å². The zero-order chi connectivity index (χ0) is 9.68. The molecular formula is C8H11N3O2. The van der Waals surface area contributed by atoms with Crippen LogP contribution in [0.15, 0.2) is 18.5 Å². The van der Waals surface area contributed by atoms with Crippen molar-refractivity contribution in [3.05, 3.63) is 24.3 Å². The molecule has 1 aromatic rings. The van der Waals surface area contributed by atoms with Gasteiger partial charge in [0.1, 0.15) is 5.82 Å². The molecule has 0 fully saturated rings. The van der Waals surface area contributed by atoms with Crippen LogP contribution in [0.1, 0.15) is 5.82 Å². The van der Waals surface area contributed by atoms with Crippen molar-refractivity contribution < 1.29 is 9.63 Å². The summed E-state index contributed by atoms with van der Waals surface area (Å²) in [5, 5.41) is 1.15. The molecule has 0 aliphatic carbocycles. The van der Waals surface area contributed by atoms with Gasteiger partial charge in [-0.1, -0.05) is 0 Å². The molecule has 0 spiro atoms. The zero-order valence-corrected chi connectivity index (χ0v) is 7.60. The number of nitrogens with zero attached hydrogens (tertiary/aromatic N) is 3. The fourth-order valence-corrected chi connectivity index (χ4v) is 0.770. The van der Waals surface area contributed by atoms with E-state index < -0.39 is 0 Å². The van der Waals surface area contributed by atoms with Gasteiger partial charge in [0, 0.05) is 19.4 Å². The highest BCUT2D eigenvalue weighted by Crippen LogP contribution is 1.93. The number of carbonyl (C=O) groups is 1. The molecule has 0 aliphatic rings. The molecule has 1 rings (SSSR count). The molecule has 1 heterocycles. The molecule has 0 radical (unpaired) electrons. The molecule has 0 N–H and O–H groups in total. The van der Waals surface area contributed by atoms with Crippen LogP contribution in [0.3, 0.4) is 0 Å². The second-order valence-corrected chi connectivity index (χ2v) is 2.42. The number of carbonyl (C=O) groups excluding carboxylic acids is 1. The van der Waals surface area contributed by atoms with Crippen LogP contribution in [0, 0.1) is 0 Å². The molecule has 1 amide bonds. The smallest absolute Gasteiger partial charge is 0.253 e. The van der Waals surface area contributed by atoms with Gasteiger partial charge in [-0.05, 0) is 6.07 Å². The average Bonchev–Trinajstić information content (AvgIpc) is 2.18. The minimum atomic E-state index is -0.172. The van der Waals surface area contributed by atoms with Crippen LogP contribution < -0.4 is 0 Å². The third kappa shape index (κ3) is 2.79. The third-order valence-corrected chi connectivity index (χ3v) is 1.55. The van der Waals surface area contributed by atoms with Gasteiger partial charge in [-0.25, -0.2) is 15.0 Å². The second kappa shape index (κ2) is 4.51.